The molecule has 0 saturated heterocycles. The zero-order chi connectivity index (χ0) is 23.2. The number of aromatic nitrogens is 1. The van der Waals surface area contributed by atoms with Crippen LogP contribution in [0.25, 0.3) is 17.0 Å². The van der Waals surface area contributed by atoms with Gasteiger partial charge >= 0.3 is 0 Å². The molecule has 0 radical (unpaired) electrons. The van der Waals surface area contributed by atoms with E-state index in [1.807, 2.05) is 65.4 Å². The first-order valence-electron chi connectivity index (χ1n) is 10.4. The molecule has 0 fully saturated rings. The molecule has 0 aliphatic carbocycles. The number of hydrogen-bond donors (Lipinski definition) is 1. The molecule has 0 bridgehead atoms. The number of nitrogens with zero attached hydrogens (tertiary/aromatic N) is 2. The Hall–Kier alpha value is -4.37. The summed E-state index contributed by atoms with van der Waals surface area (Å²) < 4.78 is 21.2. The van der Waals surface area contributed by atoms with Gasteiger partial charge in [0.25, 0.3) is 5.91 Å². The maximum Gasteiger partial charge on any atom is 0.262 e. The lowest BCUT2D eigenvalue weighted by Crippen LogP contribution is -2.23. The van der Waals surface area contributed by atoms with E-state index in [1.165, 1.54) is 6.07 Å². The summed E-state index contributed by atoms with van der Waals surface area (Å²) in [5, 5.41) is 13.3. The predicted octanol–water partition coefficient (Wildman–Crippen LogP) is 5.06. The quantitative estimate of drug-likeness (QED) is 0.323. The van der Waals surface area contributed by atoms with Crippen molar-refractivity contribution in [2.75, 3.05) is 7.11 Å². The predicted molar refractivity (Wildman–Crippen MR) is 126 cm³/mol. The van der Waals surface area contributed by atoms with Crippen LogP contribution in [0.1, 0.15) is 16.7 Å². The molecule has 5 nitrogen and oxygen atoms in total. The minimum absolute atomic E-state index is 0.00249. The molecule has 4 rings (SSSR count). The van der Waals surface area contributed by atoms with Crippen molar-refractivity contribution in [1.29, 1.82) is 5.26 Å². The van der Waals surface area contributed by atoms with E-state index in [4.69, 9.17) is 4.74 Å². The van der Waals surface area contributed by atoms with E-state index < -0.39 is 5.91 Å². The van der Waals surface area contributed by atoms with Gasteiger partial charge in [0, 0.05) is 34.8 Å². The number of rotatable bonds is 7. The maximum atomic E-state index is 14.2. The number of amides is 1. The Labute approximate surface area is 191 Å². The highest BCUT2D eigenvalue weighted by molar-refractivity contribution is 6.04. The Morgan fingerprint density at radius 3 is 2.55 bits per heavy atom. The van der Waals surface area contributed by atoms with Gasteiger partial charge in [-0.1, -0.05) is 48.5 Å². The zero-order valence-electron chi connectivity index (χ0n) is 18.1. The molecule has 1 heterocycles. The van der Waals surface area contributed by atoms with E-state index in [-0.39, 0.29) is 17.9 Å². The van der Waals surface area contributed by atoms with E-state index in [9.17, 15) is 14.4 Å². The molecule has 4 aromatic rings. The van der Waals surface area contributed by atoms with Crippen molar-refractivity contribution >= 4 is 22.9 Å². The number of carbonyl (C=O) groups is 1. The molecule has 0 unspecified atom stereocenters. The van der Waals surface area contributed by atoms with Crippen LogP contribution in [-0.4, -0.2) is 17.6 Å². The Balaban J connectivity index is 1.59. The molecule has 0 aliphatic rings. The Morgan fingerprint density at radius 2 is 1.82 bits per heavy atom. The first-order chi connectivity index (χ1) is 16.1. The second-order valence-corrected chi connectivity index (χ2v) is 7.52. The first kappa shape index (κ1) is 21.8. The van der Waals surface area contributed by atoms with Gasteiger partial charge < -0.3 is 14.6 Å². The third-order valence-corrected chi connectivity index (χ3v) is 5.39. The van der Waals surface area contributed by atoms with Gasteiger partial charge in [-0.2, -0.15) is 5.26 Å². The number of para-hydroxylation sites is 1. The number of methoxy groups -OCH3 is 1. The van der Waals surface area contributed by atoms with Crippen molar-refractivity contribution in [3.63, 3.8) is 0 Å². The standard InChI is InChI=1S/C27H22FN3O2/c1-33-23-12-10-19(11-13-23)16-30-27(32)21(15-29)14-22-18-31(26-9-5-3-7-24(22)26)17-20-6-2-4-8-25(20)28/h2-14,18H,16-17H2,1H3,(H,30,32)/b21-14+. The molecule has 33 heavy (non-hydrogen) atoms. The monoisotopic (exact) mass is 439 g/mol. The van der Waals surface area contributed by atoms with Gasteiger partial charge in [-0.25, -0.2) is 4.39 Å². The average molecular weight is 439 g/mol. The zero-order valence-corrected chi connectivity index (χ0v) is 18.1. The lowest BCUT2D eigenvalue weighted by molar-refractivity contribution is -0.117. The summed E-state index contributed by atoms with van der Waals surface area (Å²) in [5.74, 6) is -0.00305. The SMILES string of the molecule is COc1ccc(CNC(=O)/C(C#N)=C/c2cn(Cc3ccccc3F)c3ccccc23)cc1. The Kier molecular flexibility index (Phi) is 6.51. The Morgan fingerprint density at radius 1 is 1.09 bits per heavy atom. The van der Waals surface area contributed by atoms with Crippen LogP contribution in [0.5, 0.6) is 5.75 Å². The van der Waals surface area contributed by atoms with E-state index in [1.54, 1.807) is 31.4 Å². The highest BCUT2D eigenvalue weighted by Gasteiger charge is 2.13. The number of carbonyl (C=O) groups excluding carboxylic acids is 1. The van der Waals surface area contributed by atoms with E-state index in [0.717, 1.165) is 27.8 Å². The first-order valence-corrected chi connectivity index (χ1v) is 10.4. The van der Waals surface area contributed by atoms with Crippen LogP contribution in [0.2, 0.25) is 0 Å². The summed E-state index contributed by atoms with van der Waals surface area (Å²) in [6.07, 6.45) is 3.41. The molecule has 0 atom stereocenters. The summed E-state index contributed by atoms with van der Waals surface area (Å²) in [7, 11) is 1.59. The smallest absolute Gasteiger partial charge is 0.262 e. The number of nitriles is 1. The third-order valence-electron chi connectivity index (χ3n) is 5.39. The molecule has 3 aromatic carbocycles. The van der Waals surface area contributed by atoms with Crippen LogP contribution in [0.3, 0.4) is 0 Å². The van der Waals surface area contributed by atoms with E-state index >= 15 is 0 Å². The van der Waals surface area contributed by atoms with Gasteiger partial charge in [0.2, 0.25) is 0 Å². The molecule has 1 amide bonds. The fraction of sp³-hybridized carbons (Fsp3) is 0.111. The normalized spacial score (nSPS) is 11.2. The van der Waals surface area contributed by atoms with Gasteiger partial charge in [-0.05, 0) is 35.9 Å². The molecular formula is C27H22FN3O2. The highest BCUT2D eigenvalue weighted by atomic mass is 19.1. The van der Waals surface area contributed by atoms with Crippen LogP contribution in [-0.2, 0) is 17.9 Å². The van der Waals surface area contributed by atoms with Gasteiger partial charge in [0.15, 0.2) is 0 Å². The lowest BCUT2D eigenvalue weighted by Gasteiger charge is -2.06. The summed E-state index contributed by atoms with van der Waals surface area (Å²) >= 11 is 0. The van der Waals surface area contributed by atoms with Crippen molar-refractivity contribution < 1.29 is 13.9 Å². The number of benzene rings is 3. The number of halogens is 1. The van der Waals surface area contributed by atoms with Gasteiger partial charge in [-0.3, -0.25) is 4.79 Å². The average Bonchev–Trinajstić information content (AvgIpc) is 3.20. The van der Waals surface area contributed by atoms with E-state index in [2.05, 4.69) is 5.32 Å². The molecule has 164 valence electrons. The fourth-order valence-electron chi connectivity index (χ4n) is 3.66. The fourth-order valence-corrected chi connectivity index (χ4v) is 3.66. The van der Waals surface area contributed by atoms with Crippen LogP contribution in [0, 0.1) is 17.1 Å². The Bertz CT molecular complexity index is 1360. The second-order valence-electron chi connectivity index (χ2n) is 7.52. The molecule has 1 aromatic heterocycles. The van der Waals surface area contributed by atoms with Crippen LogP contribution < -0.4 is 10.1 Å². The number of nitrogens with one attached hydrogen (secondary N) is 1. The molecular weight excluding hydrogens is 417 g/mol. The molecule has 0 aliphatic heterocycles. The minimum Gasteiger partial charge on any atom is -0.497 e. The van der Waals surface area contributed by atoms with Crippen molar-refractivity contribution in [2.45, 2.75) is 13.1 Å². The van der Waals surface area contributed by atoms with Gasteiger partial charge in [-0.15, -0.1) is 0 Å². The molecule has 0 saturated carbocycles. The van der Waals surface area contributed by atoms with Crippen molar-refractivity contribution in [2.24, 2.45) is 0 Å². The van der Waals surface area contributed by atoms with E-state index in [0.29, 0.717) is 12.1 Å². The molecule has 1 N–H and O–H groups in total. The summed E-state index contributed by atoms with van der Waals surface area (Å²) in [6, 6.07) is 23.6. The minimum atomic E-state index is -0.459. The lowest BCUT2D eigenvalue weighted by atomic mass is 10.1. The molecule has 6 heteroatoms. The van der Waals surface area contributed by atoms with Crippen LogP contribution in [0.15, 0.2) is 84.6 Å². The van der Waals surface area contributed by atoms with Gasteiger partial charge in [0.1, 0.15) is 23.2 Å². The molecule has 0 spiro atoms. The van der Waals surface area contributed by atoms with Crippen molar-refractivity contribution in [1.82, 2.24) is 9.88 Å². The largest absolute Gasteiger partial charge is 0.497 e. The topological polar surface area (TPSA) is 67.0 Å². The van der Waals surface area contributed by atoms with Crippen molar-refractivity contribution in [3.05, 3.63) is 107 Å². The third kappa shape index (κ3) is 4.94. The second kappa shape index (κ2) is 9.84. The summed E-state index contributed by atoms with van der Waals surface area (Å²) in [4.78, 5) is 12.7. The maximum absolute atomic E-state index is 14.2. The van der Waals surface area contributed by atoms with Crippen LogP contribution >= 0.6 is 0 Å². The summed E-state index contributed by atoms with van der Waals surface area (Å²) in [6.45, 7) is 0.628. The number of hydrogen-bond acceptors (Lipinski definition) is 3. The number of ether oxygens (including phenoxy) is 1. The summed E-state index contributed by atoms with van der Waals surface area (Å²) in [5.41, 5.74) is 3.06. The van der Waals surface area contributed by atoms with Gasteiger partial charge in [0.05, 0.1) is 13.7 Å². The number of fused-ring (bicyclic) bond motifs is 1. The van der Waals surface area contributed by atoms with Crippen molar-refractivity contribution in [3.8, 4) is 11.8 Å². The highest BCUT2D eigenvalue weighted by Crippen LogP contribution is 2.25. The van der Waals surface area contributed by atoms with Crippen LogP contribution in [0.4, 0.5) is 4.39 Å².